The fraction of sp³-hybridized carbons (Fsp3) is 0.909. The molecule has 0 aromatic heterocycles. The summed E-state index contributed by atoms with van der Waals surface area (Å²) < 4.78 is 5.00. The molecule has 0 aromatic carbocycles. The summed E-state index contributed by atoms with van der Waals surface area (Å²) in [5.74, 6) is 0.902. The Kier molecular flexibility index (Phi) is 10.8. The third-order valence-corrected chi connectivity index (χ3v) is 3.02. The van der Waals surface area contributed by atoms with Gasteiger partial charge in [-0.15, -0.1) is 0 Å². The standard InChI is InChI=1S/C11H25N3OS/c1-5-12-11(13-7-6-8-15-3)14-9-10(2)16-4/h10H,5-9H2,1-4H3,(H2,12,13,14). The summed E-state index contributed by atoms with van der Waals surface area (Å²) in [5.41, 5.74) is 0. The van der Waals surface area contributed by atoms with Crippen LogP contribution in [0.5, 0.6) is 0 Å². The van der Waals surface area contributed by atoms with Crippen molar-refractivity contribution >= 4 is 17.7 Å². The van der Waals surface area contributed by atoms with Gasteiger partial charge in [0.15, 0.2) is 5.96 Å². The largest absolute Gasteiger partial charge is 0.385 e. The van der Waals surface area contributed by atoms with E-state index in [1.807, 2.05) is 11.8 Å². The summed E-state index contributed by atoms with van der Waals surface area (Å²) >= 11 is 1.83. The molecule has 0 rings (SSSR count). The molecule has 0 fully saturated rings. The molecule has 1 unspecified atom stereocenters. The van der Waals surface area contributed by atoms with Crippen LogP contribution in [0, 0.1) is 0 Å². The zero-order valence-electron chi connectivity index (χ0n) is 10.9. The van der Waals surface area contributed by atoms with E-state index in [0.717, 1.165) is 38.6 Å². The fourth-order valence-electron chi connectivity index (χ4n) is 1.06. The van der Waals surface area contributed by atoms with Crippen molar-refractivity contribution in [2.24, 2.45) is 4.99 Å². The first-order valence-electron chi connectivity index (χ1n) is 5.78. The first kappa shape index (κ1) is 15.6. The Morgan fingerprint density at radius 3 is 2.75 bits per heavy atom. The summed E-state index contributed by atoms with van der Waals surface area (Å²) in [6.07, 6.45) is 3.11. The molecule has 0 saturated heterocycles. The second kappa shape index (κ2) is 11.1. The van der Waals surface area contributed by atoms with Crippen molar-refractivity contribution in [2.75, 3.05) is 39.6 Å². The van der Waals surface area contributed by atoms with Gasteiger partial charge in [0.1, 0.15) is 0 Å². The molecule has 96 valence electrons. The summed E-state index contributed by atoms with van der Waals surface area (Å²) in [4.78, 5) is 4.51. The van der Waals surface area contributed by atoms with E-state index < -0.39 is 0 Å². The number of ether oxygens (including phenoxy) is 1. The second-order valence-corrected chi connectivity index (χ2v) is 4.82. The van der Waals surface area contributed by atoms with Gasteiger partial charge in [-0.2, -0.15) is 11.8 Å². The van der Waals surface area contributed by atoms with Crippen molar-refractivity contribution in [1.82, 2.24) is 10.6 Å². The fourth-order valence-corrected chi connectivity index (χ4v) is 1.28. The minimum Gasteiger partial charge on any atom is -0.385 e. The van der Waals surface area contributed by atoms with Crippen molar-refractivity contribution < 1.29 is 4.74 Å². The molecule has 16 heavy (non-hydrogen) atoms. The van der Waals surface area contributed by atoms with E-state index in [-0.39, 0.29) is 0 Å². The van der Waals surface area contributed by atoms with Crippen LogP contribution < -0.4 is 10.6 Å². The molecular weight excluding hydrogens is 222 g/mol. The van der Waals surface area contributed by atoms with E-state index in [0.29, 0.717) is 5.25 Å². The van der Waals surface area contributed by atoms with Crippen LogP contribution in [0.15, 0.2) is 4.99 Å². The lowest BCUT2D eigenvalue weighted by Crippen LogP contribution is -2.38. The highest BCUT2D eigenvalue weighted by molar-refractivity contribution is 7.99. The van der Waals surface area contributed by atoms with Gasteiger partial charge in [-0.1, -0.05) is 6.92 Å². The topological polar surface area (TPSA) is 45.7 Å². The molecule has 0 aromatic rings. The number of nitrogens with zero attached hydrogens (tertiary/aromatic N) is 1. The van der Waals surface area contributed by atoms with Gasteiger partial charge in [0.2, 0.25) is 0 Å². The Labute approximate surface area is 104 Å². The first-order valence-corrected chi connectivity index (χ1v) is 7.07. The number of hydrogen-bond donors (Lipinski definition) is 2. The zero-order valence-corrected chi connectivity index (χ0v) is 11.7. The summed E-state index contributed by atoms with van der Waals surface area (Å²) in [6.45, 7) is 7.68. The number of guanidine groups is 1. The van der Waals surface area contributed by atoms with Crippen molar-refractivity contribution in [2.45, 2.75) is 25.5 Å². The third kappa shape index (κ3) is 8.85. The highest BCUT2D eigenvalue weighted by atomic mass is 32.2. The normalized spacial score (nSPS) is 13.6. The Balaban J connectivity index is 3.85. The Morgan fingerprint density at radius 1 is 1.44 bits per heavy atom. The molecule has 0 aliphatic heterocycles. The van der Waals surface area contributed by atoms with E-state index in [1.54, 1.807) is 7.11 Å². The molecule has 0 amide bonds. The lowest BCUT2D eigenvalue weighted by atomic mass is 10.4. The molecule has 2 N–H and O–H groups in total. The maximum Gasteiger partial charge on any atom is 0.191 e. The van der Waals surface area contributed by atoms with Crippen LogP contribution in [0.2, 0.25) is 0 Å². The molecule has 0 saturated carbocycles. The van der Waals surface area contributed by atoms with Crippen molar-refractivity contribution in [3.05, 3.63) is 0 Å². The summed E-state index contributed by atoms with van der Waals surface area (Å²) in [7, 11) is 1.72. The van der Waals surface area contributed by atoms with Gasteiger partial charge in [0.05, 0.1) is 6.54 Å². The number of methoxy groups -OCH3 is 1. The van der Waals surface area contributed by atoms with E-state index in [2.05, 4.69) is 35.7 Å². The number of nitrogens with one attached hydrogen (secondary N) is 2. The molecule has 0 aliphatic rings. The number of rotatable bonds is 8. The van der Waals surface area contributed by atoms with Gasteiger partial charge < -0.3 is 15.4 Å². The lowest BCUT2D eigenvalue weighted by Gasteiger charge is -2.12. The van der Waals surface area contributed by atoms with Crippen molar-refractivity contribution in [1.29, 1.82) is 0 Å². The Bertz CT molecular complexity index is 188. The smallest absolute Gasteiger partial charge is 0.191 e. The van der Waals surface area contributed by atoms with Gasteiger partial charge in [0.25, 0.3) is 0 Å². The van der Waals surface area contributed by atoms with E-state index >= 15 is 0 Å². The molecule has 0 radical (unpaired) electrons. The average molecular weight is 247 g/mol. The van der Waals surface area contributed by atoms with Gasteiger partial charge in [-0.3, -0.25) is 4.99 Å². The minimum atomic E-state index is 0.564. The molecule has 0 aliphatic carbocycles. The molecular formula is C11H25N3OS. The maximum absolute atomic E-state index is 5.00. The second-order valence-electron chi connectivity index (χ2n) is 3.54. The molecule has 5 heteroatoms. The number of hydrogen-bond acceptors (Lipinski definition) is 3. The van der Waals surface area contributed by atoms with Gasteiger partial charge in [-0.05, 0) is 19.6 Å². The third-order valence-electron chi connectivity index (χ3n) is 2.07. The van der Waals surface area contributed by atoms with Crippen molar-refractivity contribution in [3.8, 4) is 0 Å². The zero-order chi connectivity index (χ0) is 12.2. The maximum atomic E-state index is 5.00. The summed E-state index contributed by atoms with van der Waals surface area (Å²) in [5, 5.41) is 7.08. The van der Waals surface area contributed by atoms with Gasteiger partial charge in [0, 0.05) is 32.1 Å². The van der Waals surface area contributed by atoms with Crippen LogP contribution >= 0.6 is 11.8 Å². The minimum absolute atomic E-state index is 0.564. The highest BCUT2D eigenvalue weighted by Gasteiger charge is 1.99. The van der Waals surface area contributed by atoms with E-state index in [9.17, 15) is 0 Å². The molecule has 4 nitrogen and oxygen atoms in total. The van der Waals surface area contributed by atoms with Crippen LogP contribution in [0.1, 0.15) is 20.3 Å². The molecule has 0 bridgehead atoms. The molecule has 0 heterocycles. The van der Waals surface area contributed by atoms with E-state index in [4.69, 9.17) is 4.74 Å². The SMILES string of the molecule is CCNC(=NCC(C)SC)NCCCOC. The predicted molar refractivity (Wildman–Crippen MR) is 73.5 cm³/mol. The van der Waals surface area contributed by atoms with Gasteiger partial charge >= 0.3 is 0 Å². The van der Waals surface area contributed by atoms with Crippen LogP contribution in [0.25, 0.3) is 0 Å². The van der Waals surface area contributed by atoms with Gasteiger partial charge in [-0.25, -0.2) is 0 Å². The van der Waals surface area contributed by atoms with E-state index in [1.165, 1.54) is 0 Å². The van der Waals surface area contributed by atoms with Crippen molar-refractivity contribution in [3.63, 3.8) is 0 Å². The predicted octanol–water partition coefficient (Wildman–Crippen LogP) is 1.33. The quantitative estimate of drug-likeness (QED) is 0.386. The molecule has 0 spiro atoms. The van der Waals surface area contributed by atoms with Crippen LogP contribution in [0.3, 0.4) is 0 Å². The highest BCUT2D eigenvalue weighted by Crippen LogP contribution is 2.04. The number of aliphatic imine (C=N–C) groups is 1. The number of thioether (sulfide) groups is 1. The summed E-state index contributed by atoms with van der Waals surface area (Å²) in [6, 6.07) is 0. The van der Waals surface area contributed by atoms with Crippen LogP contribution in [0.4, 0.5) is 0 Å². The average Bonchev–Trinajstić information content (AvgIpc) is 2.30. The Hall–Kier alpha value is -0.420. The van der Waals surface area contributed by atoms with Crippen LogP contribution in [-0.2, 0) is 4.74 Å². The van der Waals surface area contributed by atoms with Crippen LogP contribution in [-0.4, -0.2) is 50.8 Å². The monoisotopic (exact) mass is 247 g/mol. The molecule has 1 atom stereocenters. The first-order chi connectivity index (χ1) is 7.74. The Morgan fingerprint density at radius 2 is 2.19 bits per heavy atom. The lowest BCUT2D eigenvalue weighted by molar-refractivity contribution is 0.195.